The van der Waals surface area contributed by atoms with Gasteiger partial charge >= 0.3 is 0 Å². The number of nitrogens with one attached hydrogen (secondary N) is 1. The van der Waals surface area contributed by atoms with Gasteiger partial charge in [0.1, 0.15) is 18.0 Å². The number of nitriles is 1. The van der Waals surface area contributed by atoms with Crippen LogP contribution in [0, 0.1) is 22.6 Å². The first-order valence-electron chi connectivity index (χ1n) is 14.2. The number of amides is 1. The van der Waals surface area contributed by atoms with E-state index >= 15 is 0 Å². The molecule has 1 spiro atoms. The van der Waals surface area contributed by atoms with Crippen LogP contribution < -0.4 is 19.7 Å². The lowest BCUT2D eigenvalue weighted by molar-refractivity contribution is -0.0344. The second kappa shape index (κ2) is 11.0. The molecule has 2 N–H and O–H groups in total. The molecule has 224 valence electrons. The molecule has 43 heavy (non-hydrogen) atoms. The molecule has 9 nitrogen and oxygen atoms in total. The highest BCUT2D eigenvalue weighted by atomic mass is 19.3. The number of nitrogens with zero attached hydrogens (tertiary/aromatic N) is 4. The third-order valence-corrected chi connectivity index (χ3v) is 8.30. The van der Waals surface area contributed by atoms with Crippen LogP contribution in [0.4, 0.5) is 18.9 Å². The molecular weight excluding hydrogens is 563 g/mol. The minimum atomic E-state index is -3.08. The summed E-state index contributed by atoms with van der Waals surface area (Å²) in [6, 6.07) is 11.9. The molecule has 2 atom stereocenters. The van der Waals surface area contributed by atoms with Crippen molar-refractivity contribution in [1.29, 1.82) is 5.26 Å². The Bertz CT molecular complexity index is 1580. The number of hydrogen-bond donors (Lipinski definition) is 2. The highest BCUT2D eigenvalue weighted by Gasteiger charge is 2.54. The Kier molecular flexibility index (Phi) is 7.38. The number of ether oxygens (including phenoxy) is 2. The fraction of sp³-hybridized carbons (Fsp3) is 0.419. The first kappa shape index (κ1) is 28.7. The summed E-state index contributed by atoms with van der Waals surface area (Å²) in [5.74, 6) is -3.74. The van der Waals surface area contributed by atoms with Gasteiger partial charge in [-0.3, -0.25) is 4.79 Å². The van der Waals surface area contributed by atoms with Crippen LogP contribution in [0.15, 0.2) is 48.7 Å². The number of aromatic nitrogens is 2. The molecule has 3 aliphatic rings. The summed E-state index contributed by atoms with van der Waals surface area (Å²) < 4.78 is 53.2. The Balaban J connectivity index is 1.19. The minimum Gasteiger partial charge on any atom is -0.488 e. The van der Waals surface area contributed by atoms with E-state index in [9.17, 15) is 28.3 Å². The second-order valence-corrected chi connectivity index (χ2v) is 11.5. The molecule has 1 amide bonds. The number of aliphatic hydroxyl groups is 1. The lowest BCUT2D eigenvalue weighted by Crippen LogP contribution is -2.65. The lowest BCUT2D eigenvalue weighted by Gasteiger charge is -2.59. The Labute approximate surface area is 246 Å². The van der Waals surface area contributed by atoms with Gasteiger partial charge in [-0.1, -0.05) is 0 Å². The number of halogens is 3. The van der Waals surface area contributed by atoms with Crippen LogP contribution in [0.2, 0.25) is 0 Å². The van der Waals surface area contributed by atoms with Gasteiger partial charge in [-0.2, -0.15) is 5.26 Å². The van der Waals surface area contributed by atoms with E-state index in [1.807, 2.05) is 17.9 Å². The third-order valence-electron chi connectivity index (χ3n) is 8.30. The molecular formula is C31H30F3N5O4. The van der Waals surface area contributed by atoms with E-state index in [-0.39, 0.29) is 28.5 Å². The third kappa shape index (κ3) is 5.69. The largest absolute Gasteiger partial charge is 0.488 e. The monoisotopic (exact) mass is 593 g/mol. The maximum Gasteiger partial charge on any atom is 0.274 e. The molecule has 12 heteroatoms. The van der Waals surface area contributed by atoms with E-state index in [1.54, 1.807) is 36.5 Å². The molecule has 0 radical (unpaired) electrons. The number of rotatable bonds is 8. The molecule has 3 heterocycles. The summed E-state index contributed by atoms with van der Waals surface area (Å²) in [6.07, 6.45) is -0.0337. The Morgan fingerprint density at radius 2 is 1.98 bits per heavy atom. The molecule has 2 aromatic heterocycles. The Morgan fingerprint density at radius 1 is 1.19 bits per heavy atom. The number of anilines is 1. The fourth-order valence-corrected chi connectivity index (χ4v) is 6.30. The summed E-state index contributed by atoms with van der Waals surface area (Å²) in [5.41, 5.74) is 1.80. The molecule has 3 aromatic rings. The molecule has 0 bridgehead atoms. The van der Waals surface area contributed by atoms with Crippen LogP contribution in [0.1, 0.15) is 48.7 Å². The molecule has 1 aromatic carbocycles. The summed E-state index contributed by atoms with van der Waals surface area (Å²) in [6.45, 7) is 3.56. The van der Waals surface area contributed by atoms with Crippen LogP contribution >= 0.6 is 0 Å². The molecule has 2 unspecified atom stereocenters. The van der Waals surface area contributed by atoms with Gasteiger partial charge < -0.3 is 24.8 Å². The predicted octanol–water partition coefficient (Wildman–Crippen LogP) is 4.49. The molecule has 2 saturated carbocycles. The minimum absolute atomic E-state index is 0.0246. The van der Waals surface area contributed by atoms with E-state index in [0.29, 0.717) is 55.4 Å². The van der Waals surface area contributed by atoms with Gasteiger partial charge in [0.15, 0.2) is 11.4 Å². The topological polar surface area (TPSA) is 121 Å². The molecule has 1 saturated heterocycles. The first-order valence-corrected chi connectivity index (χ1v) is 14.2. The lowest BCUT2D eigenvalue weighted by atomic mass is 9.61. The second-order valence-electron chi connectivity index (χ2n) is 11.5. The zero-order chi connectivity index (χ0) is 30.4. The summed E-state index contributed by atoms with van der Waals surface area (Å²) in [7, 11) is 0. The van der Waals surface area contributed by atoms with Crippen molar-refractivity contribution in [1.82, 2.24) is 15.3 Å². The van der Waals surface area contributed by atoms with Gasteiger partial charge in [0, 0.05) is 37.5 Å². The van der Waals surface area contributed by atoms with Crippen molar-refractivity contribution in [2.45, 2.75) is 56.8 Å². The number of pyridine rings is 2. The number of carbonyl (C=O) groups is 1. The number of aliphatic hydroxyl groups excluding tert-OH is 1. The van der Waals surface area contributed by atoms with Crippen LogP contribution in [0.5, 0.6) is 11.6 Å². The van der Waals surface area contributed by atoms with E-state index in [2.05, 4.69) is 15.3 Å². The van der Waals surface area contributed by atoms with Crippen molar-refractivity contribution in [3.63, 3.8) is 0 Å². The van der Waals surface area contributed by atoms with Gasteiger partial charge in [0.2, 0.25) is 5.88 Å². The normalized spacial score (nSPS) is 21.9. The highest BCUT2D eigenvalue weighted by Crippen LogP contribution is 2.51. The van der Waals surface area contributed by atoms with Crippen molar-refractivity contribution in [3.8, 4) is 29.0 Å². The number of benzene rings is 1. The van der Waals surface area contributed by atoms with E-state index in [1.165, 1.54) is 12.1 Å². The van der Waals surface area contributed by atoms with Gasteiger partial charge in [0.25, 0.3) is 11.8 Å². The van der Waals surface area contributed by atoms with Crippen LogP contribution in [0.3, 0.4) is 0 Å². The van der Waals surface area contributed by atoms with Gasteiger partial charge in [-0.25, -0.2) is 23.1 Å². The van der Waals surface area contributed by atoms with E-state index < -0.39 is 42.6 Å². The summed E-state index contributed by atoms with van der Waals surface area (Å²) >= 11 is 0. The SMILES string of the molecule is CCOc1ncccc1-c1ccc(OC2CC3(C2)CN(c2ccc(F)cc2C#N)C3)c(C(=O)NC2CC(F)(F)CC2O)n1. The predicted molar refractivity (Wildman–Crippen MR) is 149 cm³/mol. The molecule has 6 rings (SSSR count). The van der Waals surface area contributed by atoms with Gasteiger partial charge in [-0.05, 0) is 62.2 Å². The van der Waals surface area contributed by atoms with Gasteiger partial charge in [0.05, 0.1) is 41.3 Å². The number of alkyl halides is 2. The maximum atomic E-state index is 13.9. The highest BCUT2D eigenvalue weighted by molar-refractivity contribution is 5.96. The quantitative estimate of drug-likeness (QED) is 0.392. The number of carbonyl (C=O) groups excluding carboxylic acids is 1. The van der Waals surface area contributed by atoms with Crippen molar-refractivity contribution in [3.05, 3.63) is 65.7 Å². The van der Waals surface area contributed by atoms with Crippen molar-refractivity contribution < 1.29 is 32.5 Å². The maximum absolute atomic E-state index is 13.9. The fourth-order valence-electron chi connectivity index (χ4n) is 6.30. The zero-order valence-corrected chi connectivity index (χ0v) is 23.4. The van der Waals surface area contributed by atoms with Crippen LogP contribution in [-0.2, 0) is 0 Å². The first-order chi connectivity index (χ1) is 20.6. The molecule has 3 fully saturated rings. The van der Waals surface area contributed by atoms with Crippen molar-refractivity contribution in [2.24, 2.45) is 5.41 Å². The Morgan fingerprint density at radius 3 is 2.67 bits per heavy atom. The molecule has 1 aliphatic heterocycles. The van der Waals surface area contributed by atoms with Crippen molar-refractivity contribution >= 4 is 11.6 Å². The van der Waals surface area contributed by atoms with Gasteiger partial charge in [-0.15, -0.1) is 0 Å². The summed E-state index contributed by atoms with van der Waals surface area (Å²) in [4.78, 5) is 24.3. The van der Waals surface area contributed by atoms with E-state index in [4.69, 9.17) is 9.47 Å². The number of hydrogen-bond acceptors (Lipinski definition) is 8. The van der Waals surface area contributed by atoms with E-state index in [0.717, 1.165) is 0 Å². The standard InChI is InChI=1S/C31H30F3N5O4/c1-2-42-29-21(4-3-9-36-29)22-6-8-26(27(37-22)28(41)38-23-13-31(33,34)14-25(23)40)43-20-11-30(12-20)16-39(17-30)24-7-5-19(32)10-18(24)15-35/h3-10,20,23,25,40H,2,11-14,16-17H2,1H3,(H,38,41). The summed E-state index contributed by atoms with van der Waals surface area (Å²) in [5, 5.41) is 22.1. The van der Waals surface area contributed by atoms with Crippen LogP contribution in [-0.4, -0.2) is 64.9 Å². The average Bonchev–Trinajstić information content (AvgIpc) is 3.20. The Hall–Kier alpha value is -4.37. The van der Waals surface area contributed by atoms with Crippen molar-refractivity contribution in [2.75, 3.05) is 24.6 Å². The smallest absolute Gasteiger partial charge is 0.274 e. The van der Waals surface area contributed by atoms with Crippen LogP contribution in [0.25, 0.3) is 11.3 Å². The average molecular weight is 594 g/mol. The molecule has 2 aliphatic carbocycles. The zero-order valence-electron chi connectivity index (χ0n) is 23.4.